The fourth-order valence-electron chi connectivity index (χ4n) is 4.37. The first-order valence-corrected chi connectivity index (χ1v) is 9.91. The maximum Gasteiger partial charge on any atom is 0.274 e. The molecule has 138 valence electrons. The van der Waals surface area contributed by atoms with Crippen molar-refractivity contribution in [1.29, 1.82) is 0 Å². The molecule has 5 rings (SSSR count). The topological polar surface area (TPSA) is 32.7 Å². The third kappa shape index (κ3) is 2.74. The minimum Gasteiger partial charge on any atom is -0.267 e. The Morgan fingerprint density at radius 3 is 2.46 bits per heavy atom. The highest BCUT2D eigenvalue weighted by Crippen LogP contribution is 2.45. The monoisotopic (exact) mass is 386 g/mol. The number of hydrogen-bond acceptors (Lipinski definition) is 2. The van der Waals surface area contributed by atoms with Crippen molar-refractivity contribution in [1.82, 2.24) is 5.01 Å². The van der Waals surface area contributed by atoms with Gasteiger partial charge >= 0.3 is 0 Å². The number of amides is 1. The highest BCUT2D eigenvalue weighted by molar-refractivity contribution is 6.31. The van der Waals surface area contributed by atoms with Gasteiger partial charge in [-0.25, -0.2) is 5.01 Å². The standard InChI is InChI=1S/C24H19ClN2O/c25-21-13-7-6-12-19(21)23-20-15-14-16-8-4-5-11-18(16)22(20)26-27(23)24(28)17-9-2-1-3-10-17/h1-13,20,23H,14-15H2/t20-,23+/m1/s1. The predicted molar refractivity (Wildman–Crippen MR) is 112 cm³/mol. The van der Waals surface area contributed by atoms with E-state index in [1.54, 1.807) is 5.01 Å². The van der Waals surface area contributed by atoms with E-state index in [-0.39, 0.29) is 17.9 Å². The van der Waals surface area contributed by atoms with E-state index in [1.807, 2.05) is 60.7 Å². The van der Waals surface area contributed by atoms with Crippen LogP contribution in [-0.2, 0) is 6.42 Å². The molecule has 0 saturated carbocycles. The number of carbonyl (C=O) groups is 1. The molecule has 2 aliphatic rings. The minimum atomic E-state index is -0.190. The molecule has 1 aliphatic heterocycles. The Morgan fingerprint density at radius 1 is 0.929 bits per heavy atom. The molecule has 2 atom stereocenters. The smallest absolute Gasteiger partial charge is 0.267 e. The van der Waals surface area contributed by atoms with Gasteiger partial charge in [0.2, 0.25) is 0 Å². The maximum atomic E-state index is 13.4. The van der Waals surface area contributed by atoms with Gasteiger partial charge in [0, 0.05) is 22.1 Å². The number of rotatable bonds is 2. The summed E-state index contributed by atoms with van der Waals surface area (Å²) < 4.78 is 0. The van der Waals surface area contributed by atoms with Crippen molar-refractivity contribution in [2.45, 2.75) is 18.9 Å². The Hall–Kier alpha value is -2.91. The first kappa shape index (κ1) is 17.2. The summed E-state index contributed by atoms with van der Waals surface area (Å²) in [5.41, 5.74) is 5.03. The Morgan fingerprint density at radius 2 is 1.64 bits per heavy atom. The average Bonchev–Trinajstić information content (AvgIpc) is 3.14. The number of aryl methyl sites for hydroxylation is 1. The Balaban J connectivity index is 1.65. The number of nitrogens with zero attached hydrogens (tertiary/aromatic N) is 2. The summed E-state index contributed by atoms with van der Waals surface area (Å²) in [6, 6.07) is 25.3. The molecule has 0 spiro atoms. The molecule has 28 heavy (non-hydrogen) atoms. The van der Waals surface area contributed by atoms with Crippen LogP contribution in [0.5, 0.6) is 0 Å². The van der Waals surface area contributed by atoms with Crippen LogP contribution < -0.4 is 0 Å². The summed E-state index contributed by atoms with van der Waals surface area (Å²) in [4.78, 5) is 13.4. The van der Waals surface area contributed by atoms with Crippen LogP contribution in [0.2, 0.25) is 5.02 Å². The van der Waals surface area contributed by atoms with Crippen molar-refractivity contribution in [2.75, 3.05) is 0 Å². The van der Waals surface area contributed by atoms with Crippen LogP contribution in [-0.4, -0.2) is 16.6 Å². The van der Waals surface area contributed by atoms with Crippen LogP contribution in [0.4, 0.5) is 0 Å². The summed E-state index contributed by atoms with van der Waals surface area (Å²) >= 11 is 6.56. The van der Waals surface area contributed by atoms with Crippen molar-refractivity contribution in [3.63, 3.8) is 0 Å². The Labute approximate surface area is 169 Å². The van der Waals surface area contributed by atoms with Gasteiger partial charge in [-0.2, -0.15) is 5.10 Å². The SMILES string of the molecule is O=C(c1ccccc1)N1N=C2c3ccccc3CC[C@H]2[C@@H]1c1ccccc1Cl. The van der Waals surface area contributed by atoms with Gasteiger partial charge in [0.25, 0.3) is 5.91 Å². The van der Waals surface area contributed by atoms with Crippen molar-refractivity contribution in [3.05, 3.63) is 106 Å². The van der Waals surface area contributed by atoms with Gasteiger partial charge in [0.1, 0.15) is 0 Å². The van der Waals surface area contributed by atoms with E-state index in [0.29, 0.717) is 10.6 Å². The summed E-state index contributed by atoms with van der Waals surface area (Å²) in [6.07, 6.45) is 1.93. The van der Waals surface area contributed by atoms with E-state index >= 15 is 0 Å². The van der Waals surface area contributed by atoms with E-state index in [4.69, 9.17) is 16.7 Å². The van der Waals surface area contributed by atoms with E-state index in [9.17, 15) is 4.79 Å². The predicted octanol–water partition coefficient (Wildman–Crippen LogP) is 5.50. The van der Waals surface area contributed by atoms with E-state index in [0.717, 1.165) is 29.7 Å². The Kier molecular flexibility index (Phi) is 4.25. The van der Waals surface area contributed by atoms with Gasteiger partial charge in [0.15, 0.2) is 0 Å². The van der Waals surface area contributed by atoms with E-state index < -0.39 is 0 Å². The summed E-state index contributed by atoms with van der Waals surface area (Å²) in [7, 11) is 0. The second-order valence-corrected chi connectivity index (χ2v) is 7.68. The molecule has 0 saturated heterocycles. The van der Waals surface area contributed by atoms with Gasteiger partial charge in [-0.15, -0.1) is 0 Å². The fraction of sp³-hybridized carbons (Fsp3) is 0.167. The molecule has 1 aliphatic carbocycles. The van der Waals surface area contributed by atoms with Crippen LogP contribution >= 0.6 is 11.6 Å². The van der Waals surface area contributed by atoms with Crippen LogP contribution in [0.15, 0.2) is 84.0 Å². The molecule has 3 nitrogen and oxygen atoms in total. The average molecular weight is 387 g/mol. The number of hydrazone groups is 1. The number of halogens is 1. The number of fused-ring (bicyclic) bond motifs is 3. The molecular weight excluding hydrogens is 368 g/mol. The number of hydrogen-bond donors (Lipinski definition) is 0. The molecule has 0 bridgehead atoms. The van der Waals surface area contributed by atoms with Crippen molar-refractivity contribution >= 4 is 23.2 Å². The quantitative estimate of drug-likeness (QED) is 0.572. The van der Waals surface area contributed by atoms with Gasteiger partial charge in [-0.1, -0.05) is 72.3 Å². The molecule has 1 amide bonds. The second-order valence-electron chi connectivity index (χ2n) is 7.27. The van der Waals surface area contributed by atoms with Gasteiger partial charge in [0.05, 0.1) is 11.8 Å². The molecule has 1 heterocycles. The van der Waals surface area contributed by atoms with Crippen LogP contribution in [0.25, 0.3) is 0 Å². The van der Waals surface area contributed by atoms with E-state index in [2.05, 4.69) is 18.2 Å². The van der Waals surface area contributed by atoms with Crippen molar-refractivity contribution in [3.8, 4) is 0 Å². The van der Waals surface area contributed by atoms with Crippen LogP contribution in [0.3, 0.4) is 0 Å². The first-order valence-electron chi connectivity index (χ1n) is 9.54. The summed E-state index contributed by atoms with van der Waals surface area (Å²) in [5.74, 6) is 0.0485. The molecule has 0 radical (unpaired) electrons. The zero-order valence-corrected chi connectivity index (χ0v) is 16.0. The molecule has 0 N–H and O–H groups in total. The minimum absolute atomic E-state index is 0.0927. The van der Waals surface area contributed by atoms with Crippen molar-refractivity contribution in [2.24, 2.45) is 11.0 Å². The van der Waals surface area contributed by atoms with Crippen LogP contribution in [0, 0.1) is 5.92 Å². The maximum absolute atomic E-state index is 13.4. The lowest BCUT2D eigenvalue weighted by atomic mass is 9.77. The first-order chi connectivity index (χ1) is 13.7. The van der Waals surface area contributed by atoms with Crippen LogP contribution in [0.1, 0.15) is 39.5 Å². The lowest BCUT2D eigenvalue weighted by Crippen LogP contribution is -2.32. The third-order valence-electron chi connectivity index (χ3n) is 5.68. The molecular formula is C24H19ClN2O. The highest BCUT2D eigenvalue weighted by atomic mass is 35.5. The number of carbonyl (C=O) groups excluding carboxylic acids is 1. The lowest BCUT2D eigenvalue weighted by Gasteiger charge is -2.30. The van der Waals surface area contributed by atoms with Crippen molar-refractivity contribution < 1.29 is 4.79 Å². The van der Waals surface area contributed by atoms with E-state index in [1.165, 1.54) is 5.56 Å². The zero-order valence-electron chi connectivity index (χ0n) is 15.3. The highest BCUT2D eigenvalue weighted by Gasteiger charge is 2.44. The normalized spacial score (nSPS) is 20.3. The lowest BCUT2D eigenvalue weighted by molar-refractivity contribution is 0.0682. The van der Waals surface area contributed by atoms with Gasteiger partial charge < -0.3 is 0 Å². The summed E-state index contributed by atoms with van der Waals surface area (Å²) in [5, 5.41) is 7.19. The molecule has 4 heteroatoms. The summed E-state index contributed by atoms with van der Waals surface area (Å²) in [6.45, 7) is 0. The van der Waals surface area contributed by atoms with Gasteiger partial charge in [-0.3, -0.25) is 4.79 Å². The molecule has 0 unspecified atom stereocenters. The third-order valence-corrected chi connectivity index (χ3v) is 6.03. The Bertz CT molecular complexity index is 1080. The van der Waals surface area contributed by atoms with Gasteiger partial charge in [-0.05, 0) is 42.2 Å². The number of benzene rings is 3. The zero-order chi connectivity index (χ0) is 19.1. The molecule has 3 aromatic rings. The molecule has 0 aromatic heterocycles. The molecule has 0 fully saturated rings. The largest absolute Gasteiger partial charge is 0.274 e. The second kappa shape index (κ2) is 6.92. The fourth-order valence-corrected chi connectivity index (χ4v) is 4.62. The molecule has 3 aromatic carbocycles.